The monoisotopic (exact) mass is 138 g/mol. The van der Waals surface area contributed by atoms with E-state index in [9.17, 15) is 0 Å². The van der Waals surface area contributed by atoms with E-state index in [0.29, 0.717) is 0 Å². The molecule has 2 saturated carbocycles. The number of nitrogens with one attached hydrogen (secondary N) is 1. The number of hydrogen-bond donors (Lipinski definition) is 1. The fraction of sp³-hybridized carbons (Fsp3) is 1.00. The van der Waals surface area contributed by atoms with Crippen LogP contribution in [0.4, 0.5) is 0 Å². The maximum Gasteiger partial charge on any atom is 0.0159 e. The molecule has 0 amide bonds. The van der Waals surface area contributed by atoms with Crippen molar-refractivity contribution in [1.29, 1.82) is 0 Å². The smallest absolute Gasteiger partial charge is 0.0159 e. The standard InChI is InChI=1S/C8H14N2/c1-3-10(4-2-9-1)8-6-5-7(6)8/h6-9H,1-5H2. The second-order valence-electron chi connectivity index (χ2n) is 3.84. The van der Waals surface area contributed by atoms with Gasteiger partial charge in [-0.25, -0.2) is 0 Å². The van der Waals surface area contributed by atoms with Crippen molar-refractivity contribution < 1.29 is 0 Å². The predicted octanol–water partition coefficient (Wildman–Crippen LogP) is -0.0901. The average Bonchev–Trinajstić information content (AvgIpc) is 2.75. The SMILES string of the molecule is C1CN(C2C3CC32)CCN1. The van der Waals surface area contributed by atoms with Crippen molar-refractivity contribution in [3.05, 3.63) is 0 Å². The van der Waals surface area contributed by atoms with Crippen LogP contribution in [0.15, 0.2) is 0 Å². The van der Waals surface area contributed by atoms with E-state index in [0.717, 1.165) is 17.9 Å². The normalized spacial score (nSPS) is 52.2. The minimum absolute atomic E-state index is 1.04. The summed E-state index contributed by atoms with van der Waals surface area (Å²) in [6.45, 7) is 5.04. The highest BCUT2D eigenvalue weighted by molar-refractivity contribution is 5.18. The molecule has 3 aliphatic rings. The Labute approximate surface area is 61.6 Å². The Kier molecular flexibility index (Phi) is 0.968. The molecule has 3 fully saturated rings. The Hall–Kier alpha value is -0.0800. The Morgan fingerprint density at radius 1 is 1.10 bits per heavy atom. The topological polar surface area (TPSA) is 15.3 Å². The van der Waals surface area contributed by atoms with E-state index in [2.05, 4.69) is 10.2 Å². The molecule has 1 heterocycles. The summed E-state index contributed by atoms with van der Waals surface area (Å²) in [5.74, 6) is 2.30. The number of piperazine rings is 1. The lowest BCUT2D eigenvalue weighted by Crippen LogP contribution is -2.46. The van der Waals surface area contributed by atoms with Gasteiger partial charge in [0.05, 0.1) is 0 Å². The molecule has 0 radical (unpaired) electrons. The highest BCUT2D eigenvalue weighted by Crippen LogP contribution is 2.64. The third-order valence-electron chi connectivity index (χ3n) is 3.20. The molecule has 0 spiro atoms. The van der Waals surface area contributed by atoms with E-state index in [4.69, 9.17) is 0 Å². The Morgan fingerprint density at radius 2 is 1.80 bits per heavy atom. The molecule has 1 saturated heterocycles. The molecular weight excluding hydrogens is 124 g/mol. The van der Waals surface area contributed by atoms with Crippen molar-refractivity contribution in [2.75, 3.05) is 26.2 Å². The van der Waals surface area contributed by atoms with Crippen LogP contribution in [-0.2, 0) is 0 Å². The molecule has 3 rings (SSSR count). The molecule has 1 aliphatic heterocycles. The molecule has 0 bridgehead atoms. The highest BCUT2D eigenvalue weighted by atomic mass is 15.3. The van der Waals surface area contributed by atoms with Crippen LogP contribution in [0.25, 0.3) is 0 Å². The average molecular weight is 138 g/mol. The lowest BCUT2D eigenvalue weighted by Gasteiger charge is -2.29. The Bertz CT molecular complexity index is 143. The lowest BCUT2D eigenvalue weighted by atomic mass is 10.2. The van der Waals surface area contributed by atoms with E-state index >= 15 is 0 Å². The van der Waals surface area contributed by atoms with Gasteiger partial charge in [-0.3, -0.25) is 4.90 Å². The van der Waals surface area contributed by atoms with Crippen LogP contribution >= 0.6 is 0 Å². The summed E-state index contributed by atoms with van der Waals surface area (Å²) >= 11 is 0. The number of fused-ring (bicyclic) bond motifs is 1. The van der Waals surface area contributed by atoms with Crippen molar-refractivity contribution in [2.24, 2.45) is 11.8 Å². The predicted molar refractivity (Wildman–Crippen MR) is 39.8 cm³/mol. The van der Waals surface area contributed by atoms with Crippen molar-refractivity contribution in [2.45, 2.75) is 12.5 Å². The molecule has 2 unspecified atom stereocenters. The van der Waals surface area contributed by atoms with Gasteiger partial charge in [-0.05, 0) is 18.3 Å². The summed E-state index contributed by atoms with van der Waals surface area (Å²) in [5.41, 5.74) is 0. The van der Waals surface area contributed by atoms with Crippen LogP contribution in [0.3, 0.4) is 0 Å². The quantitative estimate of drug-likeness (QED) is 0.545. The fourth-order valence-corrected chi connectivity index (χ4v) is 2.27. The maximum absolute atomic E-state index is 3.39. The largest absolute Gasteiger partial charge is 0.314 e. The number of hydrogen-bond acceptors (Lipinski definition) is 2. The zero-order chi connectivity index (χ0) is 6.55. The van der Waals surface area contributed by atoms with Gasteiger partial charge in [-0.15, -0.1) is 0 Å². The summed E-state index contributed by atoms with van der Waals surface area (Å²) < 4.78 is 0. The van der Waals surface area contributed by atoms with E-state index in [1.54, 1.807) is 6.42 Å². The maximum atomic E-state index is 3.39. The van der Waals surface area contributed by atoms with Gasteiger partial charge < -0.3 is 5.32 Å². The highest BCUT2D eigenvalue weighted by Gasteiger charge is 2.66. The van der Waals surface area contributed by atoms with Crippen molar-refractivity contribution in [3.63, 3.8) is 0 Å². The summed E-state index contributed by atoms with van der Waals surface area (Å²) in [7, 11) is 0. The molecule has 0 aromatic carbocycles. The first kappa shape index (κ1) is 5.56. The Balaban J connectivity index is 1.60. The van der Waals surface area contributed by atoms with Gasteiger partial charge in [0.1, 0.15) is 0 Å². The molecule has 0 aromatic heterocycles. The molecule has 2 atom stereocenters. The molecule has 2 nitrogen and oxygen atoms in total. The van der Waals surface area contributed by atoms with Crippen LogP contribution in [0.5, 0.6) is 0 Å². The van der Waals surface area contributed by atoms with Gasteiger partial charge in [0, 0.05) is 32.2 Å². The third-order valence-corrected chi connectivity index (χ3v) is 3.20. The van der Waals surface area contributed by atoms with Crippen LogP contribution < -0.4 is 5.32 Å². The molecule has 2 heteroatoms. The summed E-state index contributed by atoms with van der Waals surface area (Å²) in [4.78, 5) is 2.68. The van der Waals surface area contributed by atoms with Crippen molar-refractivity contribution in [1.82, 2.24) is 10.2 Å². The molecule has 1 N–H and O–H groups in total. The first-order chi connectivity index (χ1) is 4.97. The number of nitrogens with zero attached hydrogens (tertiary/aromatic N) is 1. The molecular formula is C8H14N2. The number of rotatable bonds is 1. The second-order valence-corrected chi connectivity index (χ2v) is 3.84. The van der Waals surface area contributed by atoms with E-state index in [-0.39, 0.29) is 0 Å². The van der Waals surface area contributed by atoms with Gasteiger partial charge in [0.15, 0.2) is 0 Å². The Morgan fingerprint density at radius 3 is 2.30 bits per heavy atom. The van der Waals surface area contributed by atoms with Gasteiger partial charge in [-0.2, -0.15) is 0 Å². The fourth-order valence-electron chi connectivity index (χ4n) is 2.27. The molecule has 2 aliphatic carbocycles. The lowest BCUT2D eigenvalue weighted by molar-refractivity contribution is 0.199. The van der Waals surface area contributed by atoms with Gasteiger partial charge >= 0.3 is 0 Å². The summed E-state index contributed by atoms with van der Waals surface area (Å²) in [5, 5.41) is 3.39. The van der Waals surface area contributed by atoms with Crippen LogP contribution in [0.2, 0.25) is 0 Å². The third kappa shape index (κ3) is 0.663. The van der Waals surface area contributed by atoms with Crippen molar-refractivity contribution in [3.8, 4) is 0 Å². The minimum Gasteiger partial charge on any atom is -0.314 e. The summed E-state index contributed by atoms with van der Waals surface area (Å²) in [6.07, 6.45) is 1.55. The first-order valence-corrected chi connectivity index (χ1v) is 4.41. The minimum atomic E-state index is 1.04. The van der Waals surface area contributed by atoms with E-state index < -0.39 is 0 Å². The van der Waals surface area contributed by atoms with Gasteiger partial charge in [-0.1, -0.05) is 0 Å². The zero-order valence-corrected chi connectivity index (χ0v) is 6.21. The van der Waals surface area contributed by atoms with Crippen LogP contribution in [-0.4, -0.2) is 37.1 Å². The summed E-state index contributed by atoms with van der Waals surface area (Å²) in [6, 6.07) is 1.04. The van der Waals surface area contributed by atoms with E-state index in [1.165, 1.54) is 26.2 Å². The van der Waals surface area contributed by atoms with Crippen LogP contribution in [0.1, 0.15) is 6.42 Å². The molecule has 0 aromatic rings. The van der Waals surface area contributed by atoms with Gasteiger partial charge in [0.2, 0.25) is 0 Å². The zero-order valence-electron chi connectivity index (χ0n) is 6.21. The van der Waals surface area contributed by atoms with Crippen molar-refractivity contribution >= 4 is 0 Å². The van der Waals surface area contributed by atoms with Gasteiger partial charge in [0.25, 0.3) is 0 Å². The molecule has 10 heavy (non-hydrogen) atoms. The second kappa shape index (κ2) is 1.74. The molecule has 56 valence electrons. The first-order valence-electron chi connectivity index (χ1n) is 4.41. The van der Waals surface area contributed by atoms with Crippen LogP contribution in [0, 0.1) is 11.8 Å². The van der Waals surface area contributed by atoms with E-state index in [1.807, 2.05) is 0 Å².